The number of benzene rings is 1. The third-order valence-corrected chi connectivity index (χ3v) is 3.35. The van der Waals surface area contributed by atoms with Gasteiger partial charge in [0.25, 0.3) is 0 Å². The standard InChI is InChI=1S/C14H14N2O3S/c1-3-19-13(18)12-8-15-14(16-9(12)2)20-11-6-4-5-10(17)7-11/h4-8,17H,3H2,1-2H3. The van der Waals surface area contributed by atoms with Crippen molar-refractivity contribution in [1.82, 2.24) is 9.97 Å². The lowest BCUT2D eigenvalue weighted by molar-refractivity contribution is 0.0524. The van der Waals surface area contributed by atoms with Gasteiger partial charge in [-0.1, -0.05) is 6.07 Å². The molecular formula is C14H14N2O3S. The molecule has 1 aromatic carbocycles. The Bertz CT molecular complexity index is 632. The second-order valence-electron chi connectivity index (χ2n) is 3.97. The van der Waals surface area contributed by atoms with Crippen LogP contribution in [0.5, 0.6) is 5.75 Å². The van der Waals surface area contributed by atoms with Crippen LogP contribution >= 0.6 is 11.8 Å². The first-order valence-corrected chi connectivity index (χ1v) is 6.89. The molecule has 0 saturated carbocycles. The maximum absolute atomic E-state index is 11.6. The number of aromatic hydroxyl groups is 1. The van der Waals surface area contributed by atoms with E-state index in [-0.39, 0.29) is 5.75 Å². The van der Waals surface area contributed by atoms with E-state index in [9.17, 15) is 9.90 Å². The van der Waals surface area contributed by atoms with Gasteiger partial charge in [-0.05, 0) is 43.8 Å². The molecular weight excluding hydrogens is 276 g/mol. The molecule has 2 aromatic rings. The number of hydrogen-bond acceptors (Lipinski definition) is 6. The Morgan fingerprint density at radius 3 is 2.90 bits per heavy atom. The van der Waals surface area contributed by atoms with Crippen molar-refractivity contribution in [2.75, 3.05) is 6.61 Å². The van der Waals surface area contributed by atoms with Gasteiger partial charge in [0, 0.05) is 11.1 Å². The molecule has 0 aliphatic carbocycles. The van der Waals surface area contributed by atoms with Gasteiger partial charge >= 0.3 is 5.97 Å². The molecule has 0 aliphatic heterocycles. The summed E-state index contributed by atoms with van der Waals surface area (Å²) in [7, 11) is 0. The van der Waals surface area contributed by atoms with Crippen molar-refractivity contribution in [2.45, 2.75) is 23.9 Å². The van der Waals surface area contributed by atoms with E-state index >= 15 is 0 Å². The van der Waals surface area contributed by atoms with E-state index in [1.54, 1.807) is 32.0 Å². The van der Waals surface area contributed by atoms with Crippen molar-refractivity contribution in [3.63, 3.8) is 0 Å². The normalized spacial score (nSPS) is 10.3. The largest absolute Gasteiger partial charge is 0.508 e. The van der Waals surface area contributed by atoms with Crippen LogP contribution in [-0.2, 0) is 4.74 Å². The SMILES string of the molecule is CCOC(=O)c1cnc(Sc2cccc(O)c2)nc1C. The van der Waals surface area contributed by atoms with Crippen LogP contribution in [-0.4, -0.2) is 27.7 Å². The number of phenolic OH excluding ortho intramolecular Hbond substituents is 1. The van der Waals surface area contributed by atoms with Crippen LogP contribution in [0.4, 0.5) is 0 Å². The number of carbonyl (C=O) groups is 1. The van der Waals surface area contributed by atoms with E-state index in [2.05, 4.69) is 9.97 Å². The highest BCUT2D eigenvalue weighted by atomic mass is 32.2. The molecule has 104 valence electrons. The van der Waals surface area contributed by atoms with E-state index < -0.39 is 5.97 Å². The average Bonchev–Trinajstić information content (AvgIpc) is 2.39. The van der Waals surface area contributed by atoms with E-state index in [0.717, 1.165) is 4.90 Å². The summed E-state index contributed by atoms with van der Waals surface area (Å²) in [6.07, 6.45) is 1.46. The van der Waals surface area contributed by atoms with Crippen molar-refractivity contribution in [2.24, 2.45) is 0 Å². The maximum Gasteiger partial charge on any atom is 0.341 e. The van der Waals surface area contributed by atoms with Crippen LogP contribution in [0.1, 0.15) is 23.0 Å². The fourth-order valence-corrected chi connectivity index (χ4v) is 2.38. The fourth-order valence-electron chi connectivity index (χ4n) is 1.56. The zero-order chi connectivity index (χ0) is 14.5. The molecule has 1 N–H and O–H groups in total. The second kappa shape index (κ2) is 6.38. The summed E-state index contributed by atoms with van der Waals surface area (Å²) in [6, 6.07) is 6.82. The summed E-state index contributed by atoms with van der Waals surface area (Å²) in [6.45, 7) is 3.80. The molecule has 0 aliphatic rings. The summed E-state index contributed by atoms with van der Waals surface area (Å²) in [5.41, 5.74) is 0.938. The topological polar surface area (TPSA) is 72.3 Å². The Morgan fingerprint density at radius 1 is 1.45 bits per heavy atom. The minimum Gasteiger partial charge on any atom is -0.508 e. The Kier molecular flexibility index (Phi) is 4.57. The molecule has 2 rings (SSSR count). The number of aryl methyl sites for hydroxylation is 1. The molecule has 0 atom stereocenters. The lowest BCUT2D eigenvalue weighted by Crippen LogP contribution is -2.09. The zero-order valence-corrected chi connectivity index (χ0v) is 12.0. The van der Waals surface area contributed by atoms with Gasteiger partial charge in [0.2, 0.25) is 0 Å². The highest BCUT2D eigenvalue weighted by molar-refractivity contribution is 7.99. The summed E-state index contributed by atoms with van der Waals surface area (Å²) >= 11 is 1.32. The molecule has 0 unspecified atom stereocenters. The number of hydrogen-bond donors (Lipinski definition) is 1. The van der Waals surface area contributed by atoms with Crippen LogP contribution in [0.3, 0.4) is 0 Å². The third kappa shape index (κ3) is 3.48. The number of carbonyl (C=O) groups excluding carboxylic acids is 1. The first kappa shape index (κ1) is 14.3. The van der Waals surface area contributed by atoms with Crippen LogP contribution in [0.15, 0.2) is 40.5 Å². The highest BCUT2D eigenvalue weighted by Crippen LogP contribution is 2.27. The Labute approximate surface area is 121 Å². The number of nitrogens with zero attached hydrogens (tertiary/aromatic N) is 2. The van der Waals surface area contributed by atoms with Crippen LogP contribution < -0.4 is 0 Å². The molecule has 0 bridgehead atoms. The lowest BCUT2D eigenvalue weighted by Gasteiger charge is -2.06. The van der Waals surface area contributed by atoms with Crippen LogP contribution in [0, 0.1) is 6.92 Å². The first-order valence-electron chi connectivity index (χ1n) is 6.07. The number of ether oxygens (including phenoxy) is 1. The molecule has 0 radical (unpaired) electrons. The predicted molar refractivity (Wildman–Crippen MR) is 75.0 cm³/mol. The second-order valence-corrected chi connectivity index (χ2v) is 5.01. The smallest absolute Gasteiger partial charge is 0.341 e. The Hall–Kier alpha value is -2.08. The predicted octanol–water partition coefficient (Wildman–Crippen LogP) is 2.82. The molecule has 0 fully saturated rings. The van der Waals surface area contributed by atoms with Gasteiger partial charge in [-0.15, -0.1) is 0 Å². The van der Waals surface area contributed by atoms with Crippen molar-refractivity contribution in [3.8, 4) is 5.75 Å². The molecule has 0 amide bonds. The van der Waals surface area contributed by atoms with Crippen molar-refractivity contribution in [3.05, 3.63) is 41.7 Å². The zero-order valence-electron chi connectivity index (χ0n) is 11.2. The quantitative estimate of drug-likeness (QED) is 0.689. The van der Waals surface area contributed by atoms with Gasteiger partial charge in [-0.3, -0.25) is 0 Å². The van der Waals surface area contributed by atoms with Crippen molar-refractivity contribution < 1.29 is 14.6 Å². The maximum atomic E-state index is 11.6. The van der Waals surface area contributed by atoms with Gasteiger partial charge in [-0.25, -0.2) is 14.8 Å². The minimum absolute atomic E-state index is 0.190. The van der Waals surface area contributed by atoms with Gasteiger partial charge in [0.1, 0.15) is 5.75 Å². The third-order valence-electron chi connectivity index (χ3n) is 2.48. The van der Waals surface area contributed by atoms with E-state index in [4.69, 9.17) is 4.74 Å². The van der Waals surface area contributed by atoms with Crippen molar-refractivity contribution in [1.29, 1.82) is 0 Å². The van der Waals surface area contributed by atoms with Gasteiger partial charge < -0.3 is 9.84 Å². The van der Waals surface area contributed by atoms with Crippen LogP contribution in [0.2, 0.25) is 0 Å². The summed E-state index contributed by atoms with van der Waals surface area (Å²) in [4.78, 5) is 20.9. The van der Waals surface area contributed by atoms with Crippen LogP contribution in [0.25, 0.3) is 0 Å². The Balaban J connectivity index is 2.19. The lowest BCUT2D eigenvalue weighted by atomic mass is 10.2. The first-order chi connectivity index (χ1) is 9.60. The van der Waals surface area contributed by atoms with Gasteiger partial charge in [0.05, 0.1) is 17.9 Å². The van der Waals surface area contributed by atoms with E-state index in [1.165, 1.54) is 18.0 Å². The molecule has 0 spiro atoms. The van der Waals surface area contributed by atoms with E-state index in [1.807, 2.05) is 6.07 Å². The number of aromatic nitrogens is 2. The van der Waals surface area contributed by atoms with Gasteiger partial charge in [0.15, 0.2) is 5.16 Å². The number of esters is 1. The summed E-state index contributed by atoms with van der Waals surface area (Å²) in [5, 5.41) is 9.92. The minimum atomic E-state index is -0.418. The van der Waals surface area contributed by atoms with E-state index in [0.29, 0.717) is 23.0 Å². The Morgan fingerprint density at radius 2 is 2.25 bits per heavy atom. The molecule has 0 saturated heterocycles. The molecule has 20 heavy (non-hydrogen) atoms. The summed E-state index contributed by atoms with van der Waals surface area (Å²) in [5.74, 6) is -0.228. The average molecular weight is 290 g/mol. The number of rotatable bonds is 4. The molecule has 5 nitrogen and oxygen atoms in total. The highest BCUT2D eigenvalue weighted by Gasteiger charge is 2.13. The molecule has 1 aromatic heterocycles. The van der Waals surface area contributed by atoms with Gasteiger partial charge in [-0.2, -0.15) is 0 Å². The summed E-state index contributed by atoms with van der Waals surface area (Å²) < 4.78 is 4.92. The molecule has 6 heteroatoms. The molecule has 1 heterocycles. The van der Waals surface area contributed by atoms with Crippen molar-refractivity contribution >= 4 is 17.7 Å². The number of phenols is 1. The monoisotopic (exact) mass is 290 g/mol. The fraction of sp³-hybridized carbons (Fsp3) is 0.214.